The van der Waals surface area contributed by atoms with Gasteiger partial charge in [-0.05, 0) is 31.5 Å². The third-order valence-electron chi connectivity index (χ3n) is 2.43. The zero-order valence-electron chi connectivity index (χ0n) is 9.25. The number of carbonyl (C=O) groups is 1. The molecule has 1 amide bonds. The fourth-order valence-corrected chi connectivity index (χ4v) is 1.15. The van der Waals surface area contributed by atoms with Gasteiger partial charge in [-0.1, -0.05) is 13.0 Å². The number of nitriles is 1. The van der Waals surface area contributed by atoms with E-state index in [1.165, 1.54) is 18.2 Å². The van der Waals surface area contributed by atoms with E-state index in [2.05, 4.69) is 5.32 Å². The molecule has 1 rings (SSSR count). The van der Waals surface area contributed by atoms with Crippen LogP contribution in [0.1, 0.15) is 30.6 Å². The van der Waals surface area contributed by atoms with Gasteiger partial charge in [-0.2, -0.15) is 5.26 Å². The number of carbonyl (C=O) groups excluding carboxylic acids is 1. The molecule has 1 aromatic rings. The number of benzene rings is 1. The lowest BCUT2D eigenvalue weighted by Crippen LogP contribution is -2.44. The smallest absolute Gasteiger partial charge is 0.252 e. The first-order valence-electron chi connectivity index (χ1n) is 5.00. The molecule has 16 heavy (non-hydrogen) atoms. The monoisotopic (exact) mass is 220 g/mol. The molecule has 0 radical (unpaired) electrons. The number of rotatable bonds is 3. The fourth-order valence-electron chi connectivity index (χ4n) is 1.15. The molecule has 0 bridgehead atoms. The molecule has 0 saturated carbocycles. The summed E-state index contributed by atoms with van der Waals surface area (Å²) in [7, 11) is 0. The van der Waals surface area contributed by atoms with E-state index in [1.807, 2.05) is 6.07 Å². The Kier molecular flexibility index (Phi) is 3.62. The second-order valence-electron chi connectivity index (χ2n) is 3.76. The first-order chi connectivity index (χ1) is 7.50. The van der Waals surface area contributed by atoms with Gasteiger partial charge in [-0.25, -0.2) is 4.39 Å². The lowest BCUT2D eigenvalue weighted by Gasteiger charge is -2.21. The number of halogens is 1. The van der Waals surface area contributed by atoms with E-state index >= 15 is 0 Å². The standard InChI is InChI=1S/C12H13FN2O/c1-3-12(2,8-14)15-11(16)9-5-4-6-10(13)7-9/h4-7H,3H2,1-2H3,(H,15,16)/t12-/m1/s1. The molecule has 0 unspecified atom stereocenters. The van der Waals surface area contributed by atoms with Crippen LogP contribution in [-0.2, 0) is 0 Å². The zero-order valence-corrected chi connectivity index (χ0v) is 9.25. The predicted molar refractivity (Wildman–Crippen MR) is 58.2 cm³/mol. The highest BCUT2D eigenvalue weighted by atomic mass is 19.1. The van der Waals surface area contributed by atoms with E-state index < -0.39 is 17.3 Å². The van der Waals surface area contributed by atoms with Crippen molar-refractivity contribution in [1.29, 1.82) is 5.26 Å². The Balaban J connectivity index is 2.85. The number of hydrogen-bond donors (Lipinski definition) is 1. The quantitative estimate of drug-likeness (QED) is 0.849. The van der Waals surface area contributed by atoms with E-state index in [-0.39, 0.29) is 5.56 Å². The number of nitrogens with one attached hydrogen (secondary N) is 1. The highest BCUT2D eigenvalue weighted by Crippen LogP contribution is 2.10. The van der Waals surface area contributed by atoms with Crippen LogP contribution in [0.3, 0.4) is 0 Å². The van der Waals surface area contributed by atoms with Crippen molar-refractivity contribution in [3.63, 3.8) is 0 Å². The Bertz CT molecular complexity index is 439. The minimum absolute atomic E-state index is 0.218. The van der Waals surface area contributed by atoms with E-state index in [0.717, 1.165) is 6.07 Å². The number of hydrogen-bond acceptors (Lipinski definition) is 2. The molecule has 4 heteroatoms. The van der Waals surface area contributed by atoms with E-state index in [0.29, 0.717) is 6.42 Å². The summed E-state index contributed by atoms with van der Waals surface area (Å²) in [6, 6.07) is 7.39. The van der Waals surface area contributed by atoms with E-state index in [9.17, 15) is 9.18 Å². The average Bonchev–Trinajstić information content (AvgIpc) is 2.29. The minimum atomic E-state index is -0.913. The van der Waals surface area contributed by atoms with Crippen LogP contribution in [0.15, 0.2) is 24.3 Å². The van der Waals surface area contributed by atoms with Crippen LogP contribution in [0.5, 0.6) is 0 Å². The molecule has 0 aliphatic heterocycles. The average molecular weight is 220 g/mol. The Hall–Kier alpha value is -1.89. The van der Waals surface area contributed by atoms with Gasteiger partial charge in [0.1, 0.15) is 11.4 Å². The van der Waals surface area contributed by atoms with Crippen LogP contribution in [0.25, 0.3) is 0 Å². The molecule has 84 valence electrons. The van der Waals surface area contributed by atoms with E-state index in [1.54, 1.807) is 13.8 Å². The Morgan fingerprint density at radius 3 is 2.81 bits per heavy atom. The van der Waals surface area contributed by atoms with Crippen molar-refractivity contribution in [2.45, 2.75) is 25.8 Å². The summed E-state index contributed by atoms with van der Waals surface area (Å²) >= 11 is 0. The summed E-state index contributed by atoms with van der Waals surface area (Å²) in [6.45, 7) is 3.43. The van der Waals surface area contributed by atoms with Gasteiger partial charge in [0.25, 0.3) is 5.91 Å². The summed E-state index contributed by atoms with van der Waals surface area (Å²) in [4.78, 5) is 11.7. The number of nitrogens with zero attached hydrogens (tertiary/aromatic N) is 1. The molecule has 0 aromatic heterocycles. The molecular formula is C12H13FN2O. The maximum absolute atomic E-state index is 12.9. The van der Waals surface area contributed by atoms with Gasteiger partial charge in [0, 0.05) is 5.56 Å². The van der Waals surface area contributed by atoms with Crippen LogP contribution in [0, 0.1) is 17.1 Å². The first kappa shape index (κ1) is 12.2. The molecule has 1 N–H and O–H groups in total. The molecule has 0 aliphatic carbocycles. The topological polar surface area (TPSA) is 52.9 Å². The van der Waals surface area contributed by atoms with Gasteiger partial charge >= 0.3 is 0 Å². The Labute approximate surface area is 93.9 Å². The normalized spacial score (nSPS) is 13.6. The molecule has 1 atom stereocenters. The van der Waals surface area contributed by atoms with Gasteiger partial charge in [-0.3, -0.25) is 4.79 Å². The summed E-state index contributed by atoms with van der Waals surface area (Å²) in [6.07, 6.45) is 0.491. The van der Waals surface area contributed by atoms with Gasteiger partial charge < -0.3 is 5.32 Å². The minimum Gasteiger partial charge on any atom is -0.334 e. The molecular weight excluding hydrogens is 207 g/mol. The molecule has 3 nitrogen and oxygen atoms in total. The largest absolute Gasteiger partial charge is 0.334 e. The van der Waals surface area contributed by atoms with Gasteiger partial charge in [0.2, 0.25) is 0 Å². The summed E-state index contributed by atoms with van der Waals surface area (Å²) in [5, 5.41) is 11.5. The molecule has 0 saturated heterocycles. The van der Waals surface area contributed by atoms with E-state index in [4.69, 9.17) is 5.26 Å². The summed E-state index contributed by atoms with van der Waals surface area (Å²) in [5.74, 6) is -0.909. The van der Waals surface area contributed by atoms with Crippen LogP contribution in [0.4, 0.5) is 4.39 Å². The lowest BCUT2D eigenvalue weighted by molar-refractivity contribution is 0.0922. The first-order valence-corrected chi connectivity index (χ1v) is 5.00. The third-order valence-corrected chi connectivity index (χ3v) is 2.43. The maximum Gasteiger partial charge on any atom is 0.252 e. The second kappa shape index (κ2) is 4.75. The SMILES string of the molecule is CC[C@](C)(C#N)NC(=O)c1cccc(F)c1. The van der Waals surface area contributed by atoms with Crippen LogP contribution >= 0.6 is 0 Å². The zero-order chi connectivity index (χ0) is 12.2. The molecule has 1 aromatic carbocycles. The highest BCUT2D eigenvalue weighted by molar-refractivity contribution is 5.94. The Morgan fingerprint density at radius 2 is 2.31 bits per heavy atom. The molecule has 0 fully saturated rings. The van der Waals surface area contributed by atoms with Crippen molar-refractivity contribution >= 4 is 5.91 Å². The summed E-state index contributed by atoms with van der Waals surface area (Å²) < 4.78 is 12.9. The lowest BCUT2D eigenvalue weighted by atomic mass is 10.0. The maximum atomic E-state index is 12.9. The van der Waals surface area contributed by atoms with Crippen LogP contribution < -0.4 is 5.32 Å². The van der Waals surface area contributed by atoms with Crippen molar-refractivity contribution in [1.82, 2.24) is 5.32 Å². The van der Waals surface area contributed by atoms with Crippen LogP contribution in [-0.4, -0.2) is 11.4 Å². The third kappa shape index (κ3) is 2.80. The van der Waals surface area contributed by atoms with Crippen LogP contribution in [0.2, 0.25) is 0 Å². The Morgan fingerprint density at radius 1 is 1.62 bits per heavy atom. The molecule has 0 spiro atoms. The molecule has 0 heterocycles. The second-order valence-corrected chi connectivity index (χ2v) is 3.76. The van der Waals surface area contributed by atoms with Gasteiger partial charge in [0.05, 0.1) is 6.07 Å². The number of amides is 1. The van der Waals surface area contributed by atoms with Crippen molar-refractivity contribution in [3.05, 3.63) is 35.6 Å². The summed E-state index contributed by atoms with van der Waals surface area (Å²) in [5.41, 5.74) is -0.696. The van der Waals surface area contributed by atoms with Crippen molar-refractivity contribution in [2.24, 2.45) is 0 Å². The highest BCUT2D eigenvalue weighted by Gasteiger charge is 2.24. The fraction of sp³-hybridized carbons (Fsp3) is 0.333. The van der Waals surface area contributed by atoms with Crippen molar-refractivity contribution in [2.75, 3.05) is 0 Å². The van der Waals surface area contributed by atoms with Crippen molar-refractivity contribution in [3.8, 4) is 6.07 Å². The van der Waals surface area contributed by atoms with Crippen molar-refractivity contribution < 1.29 is 9.18 Å². The molecule has 0 aliphatic rings. The van der Waals surface area contributed by atoms with Gasteiger partial charge in [0.15, 0.2) is 0 Å². The predicted octanol–water partition coefficient (Wildman–Crippen LogP) is 2.25. The van der Waals surface area contributed by atoms with Gasteiger partial charge in [-0.15, -0.1) is 0 Å².